The number of nitrogens with two attached hydrogens (primary N) is 1. The molecule has 2 aliphatic rings. The first-order valence-electron chi connectivity index (χ1n) is 5.41. The van der Waals surface area contributed by atoms with E-state index in [4.69, 9.17) is 5.73 Å². The molecule has 82 valence electrons. The highest BCUT2D eigenvalue weighted by molar-refractivity contribution is 7.91. The molecule has 0 atom stereocenters. The molecule has 1 aliphatic carbocycles. The van der Waals surface area contributed by atoms with Gasteiger partial charge in [0.15, 0.2) is 0 Å². The Morgan fingerprint density at radius 2 is 1.71 bits per heavy atom. The van der Waals surface area contributed by atoms with Crippen molar-refractivity contribution in [3.63, 3.8) is 0 Å². The van der Waals surface area contributed by atoms with Gasteiger partial charge in [-0.2, -0.15) is 0 Å². The molecule has 2 N–H and O–H groups in total. The Morgan fingerprint density at radius 1 is 1.21 bits per heavy atom. The van der Waals surface area contributed by atoms with Crippen molar-refractivity contribution in [3.05, 3.63) is 0 Å². The van der Waals surface area contributed by atoms with Gasteiger partial charge in [-0.15, -0.1) is 0 Å². The molecule has 1 saturated heterocycles. The van der Waals surface area contributed by atoms with Crippen LogP contribution in [0.3, 0.4) is 0 Å². The van der Waals surface area contributed by atoms with Crippen LogP contribution in [0.25, 0.3) is 0 Å². The highest BCUT2D eigenvalue weighted by atomic mass is 32.2. The van der Waals surface area contributed by atoms with E-state index in [9.17, 15) is 8.42 Å². The van der Waals surface area contributed by atoms with Gasteiger partial charge in [-0.25, -0.2) is 8.42 Å². The van der Waals surface area contributed by atoms with Gasteiger partial charge < -0.3 is 5.73 Å². The standard InChI is InChI=1S/C10H19NO2S/c1-8-6-10(11,7-8)9-2-4-14(12,13)5-3-9/h8-9H,2-7,11H2,1H3. The van der Waals surface area contributed by atoms with Crippen LogP contribution >= 0.6 is 0 Å². The van der Waals surface area contributed by atoms with Crippen molar-refractivity contribution < 1.29 is 8.42 Å². The lowest BCUT2D eigenvalue weighted by atomic mass is 9.62. The average molecular weight is 217 g/mol. The van der Waals surface area contributed by atoms with E-state index in [1.165, 1.54) is 0 Å². The smallest absolute Gasteiger partial charge is 0.150 e. The van der Waals surface area contributed by atoms with Crippen LogP contribution in [0.1, 0.15) is 32.6 Å². The molecule has 0 amide bonds. The predicted molar refractivity (Wildman–Crippen MR) is 56.7 cm³/mol. The van der Waals surface area contributed by atoms with Gasteiger partial charge in [0.2, 0.25) is 0 Å². The van der Waals surface area contributed by atoms with Crippen LogP contribution in [0.4, 0.5) is 0 Å². The Hall–Kier alpha value is -0.0900. The van der Waals surface area contributed by atoms with E-state index in [2.05, 4.69) is 6.92 Å². The SMILES string of the molecule is CC1CC(N)(C2CCS(=O)(=O)CC2)C1. The van der Waals surface area contributed by atoms with Gasteiger partial charge >= 0.3 is 0 Å². The average Bonchev–Trinajstić information content (AvgIpc) is 2.01. The quantitative estimate of drug-likeness (QED) is 0.711. The fraction of sp³-hybridized carbons (Fsp3) is 1.00. The van der Waals surface area contributed by atoms with Gasteiger partial charge in [0.1, 0.15) is 9.84 Å². The van der Waals surface area contributed by atoms with E-state index >= 15 is 0 Å². The number of hydrogen-bond acceptors (Lipinski definition) is 3. The van der Waals surface area contributed by atoms with Gasteiger partial charge in [0.25, 0.3) is 0 Å². The minimum absolute atomic E-state index is 0.0324. The Kier molecular flexibility index (Phi) is 2.39. The number of rotatable bonds is 1. The molecule has 0 bridgehead atoms. The van der Waals surface area contributed by atoms with Crippen molar-refractivity contribution in [1.82, 2.24) is 0 Å². The zero-order chi connectivity index (χ0) is 10.4. The van der Waals surface area contributed by atoms with Crippen LogP contribution in [0.2, 0.25) is 0 Å². The Bertz CT molecular complexity index is 303. The van der Waals surface area contributed by atoms with Gasteiger partial charge in [-0.3, -0.25) is 0 Å². The minimum atomic E-state index is -2.73. The molecule has 14 heavy (non-hydrogen) atoms. The highest BCUT2D eigenvalue weighted by Gasteiger charge is 2.46. The second-order valence-electron chi connectivity index (χ2n) is 5.17. The molecule has 3 nitrogen and oxygen atoms in total. The summed E-state index contributed by atoms with van der Waals surface area (Å²) in [4.78, 5) is 0. The molecule has 2 fully saturated rings. The third-order valence-corrected chi connectivity index (χ3v) is 5.54. The summed E-state index contributed by atoms with van der Waals surface area (Å²) in [6.45, 7) is 2.21. The summed E-state index contributed by atoms with van der Waals surface area (Å²) in [5, 5.41) is 0. The molecule has 0 aromatic carbocycles. The second kappa shape index (κ2) is 3.20. The van der Waals surface area contributed by atoms with Gasteiger partial charge in [0, 0.05) is 5.54 Å². The maximum atomic E-state index is 11.3. The molecule has 1 saturated carbocycles. The van der Waals surface area contributed by atoms with E-state index in [1.807, 2.05) is 0 Å². The maximum Gasteiger partial charge on any atom is 0.150 e. The molecule has 0 aromatic heterocycles. The van der Waals surface area contributed by atoms with Crippen LogP contribution in [0.5, 0.6) is 0 Å². The molecule has 0 aromatic rings. The summed E-state index contributed by atoms with van der Waals surface area (Å²) in [7, 11) is -2.73. The minimum Gasteiger partial charge on any atom is -0.325 e. The first-order chi connectivity index (χ1) is 6.41. The Balaban J connectivity index is 1.96. The first kappa shape index (κ1) is 10.4. The summed E-state index contributed by atoms with van der Waals surface area (Å²) in [5.41, 5.74) is 6.23. The zero-order valence-electron chi connectivity index (χ0n) is 8.70. The van der Waals surface area contributed by atoms with Crippen LogP contribution in [-0.2, 0) is 9.84 Å². The van der Waals surface area contributed by atoms with Crippen molar-refractivity contribution in [2.24, 2.45) is 17.6 Å². The molecule has 0 radical (unpaired) electrons. The monoisotopic (exact) mass is 217 g/mol. The van der Waals surface area contributed by atoms with Crippen molar-refractivity contribution in [3.8, 4) is 0 Å². The lowest BCUT2D eigenvalue weighted by Gasteiger charge is -2.50. The third kappa shape index (κ3) is 1.82. The molecule has 1 aliphatic heterocycles. The number of sulfone groups is 1. The van der Waals surface area contributed by atoms with Crippen LogP contribution in [0, 0.1) is 11.8 Å². The van der Waals surface area contributed by atoms with E-state index in [0.29, 0.717) is 17.4 Å². The highest BCUT2D eigenvalue weighted by Crippen LogP contribution is 2.44. The molecular weight excluding hydrogens is 198 g/mol. The fourth-order valence-corrected chi connectivity index (χ4v) is 4.53. The van der Waals surface area contributed by atoms with E-state index in [0.717, 1.165) is 31.6 Å². The van der Waals surface area contributed by atoms with E-state index < -0.39 is 9.84 Å². The van der Waals surface area contributed by atoms with Gasteiger partial charge in [-0.05, 0) is 37.5 Å². The maximum absolute atomic E-state index is 11.3. The first-order valence-corrected chi connectivity index (χ1v) is 7.23. The molecule has 1 heterocycles. The van der Waals surface area contributed by atoms with Crippen molar-refractivity contribution in [2.45, 2.75) is 38.1 Å². The largest absolute Gasteiger partial charge is 0.325 e. The predicted octanol–water partition coefficient (Wildman–Crippen LogP) is 0.939. The van der Waals surface area contributed by atoms with Crippen LogP contribution < -0.4 is 5.73 Å². The summed E-state index contributed by atoms with van der Waals surface area (Å²) in [6, 6.07) is 0. The van der Waals surface area contributed by atoms with Crippen molar-refractivity contribution in [1.29, 1.82) is 0 Å². The van der Waals surface area contributed by atoms with Gasteiger partial charge in [-0.1, -0.05) is 6.92 Å². The van der Waals surface area contributed by atoms with Crippen molar-refractivity contribution in [2.75, 3.05) is 11.5 Å². The number of hydrogen-bond donors (Lipinski definition) is 1. The molecular formula is C10H19NO2S. The molecule has 0 spiro atoms. The second-order valence-corrected chi connectivity index (χ2v) is 7.48. The Morgan fingerprint density at radius 3 is 2.14 bits per heavy atom. The molecule has 2 rings (SSSR count). The van der Waals surface area contributed by atoms with Crippen LogP contribution in [-0.4, -0.2) is 25.5 Å². The normalized spacial score (nSPS) is 43.1. The molecule has 0 unspecified atom stereocenters. The Labute approximate surface area is 86.0 Å². The topological polar surface area (TPSA) is 60.2 Å². The van der Waals surface area contributed by atoms with E-state index in [-0.39, 0.29) is 5.54 Å². The van der Waals surface area contributed by atoms with Crippen LogP contribution in [0.15, 0.2) is 0 Å². The lowest BCUT2D eigenvalue weighted by molar-refractivity contribution is 0.0857. The van der Waals surface area contributed by atoms with E-state index in [1.54, 1.807) is 0 Å². The summed E-state index contributed by atoms with van der Waals surface area (Å²) in [6.07, 6.45) is 3.73. The van der Waals surface area contributed by atoms with Gasteiger partial charge in [0.05, 0.1) is 11.5 Å². The lowest BCUT2D eigenvalue weighted by Crippen LogP contribution is -2.58. The summed E-state index contributed by atoms with van der Waals surface area (Å²) < 4.78 is 22.5. The summed E-state index contributed by atoms with van der Waals surface area (Å²) >= 11 is 0. The van der Waals surface area contributed by atoms with Crippen molar-refractivity contribution >= 4 is 9.84 Å². The molecule has 4 heteroatoms. The third-order valence-electron chi connectivity index (χ3n) is 3.82. The summed E-state index contributed by atoms with van der Waals surface area (Å²) in [5.74, 6) is 1.89. The zero-order valence-corrected chi connectivity index (χ0v) is 9.52. The fourth-order valence-electron chi connectivity index (χ4n) is 3.04.